The fourth-order valence-corrected chi connectivity index (χ4v) is 2.54. The molecule has 0 fully saturated rings. The normalized spacial score (nSPS) is 12.1. The minimum atomic E-state index is -0.196. The van der Waals surface area contributed by atoms with E-state index in [9.17, 15) is 4.79 Å². The summed E-state index contributed by atoms with van der Waals surface area (Å²) in [6.07, 6.45) is 1.77. The van der Waals surface area contributed by atoms with Gasteiger partial charge in [-0.05, 0) is 19.5 Å². The highest BCUT2D eigenvalue weighted by molar-refractivity contribution is 7.09. The Balaban J connectivity index is 2.13. The number of nitrogens with zero attached hydrogens (tertiary/aromatic N) is 2. The number of rotatable bonds is 6. The van der Waals surface area contributed by atoms with Crippen LogP contribution in [0.2, 0.25) is 0 Å². The second-order valence-electron chi connectivity index (χ2n) is 4.62. The Bertz CT molecular complexity index is 527. The van der Waals surface area contributed by atoms with E-state index in [1.54, 1.807) is 24.6 Å². The summed E-state index contributed by atoms with van der Waals surface area (Å²) in [5, 5.41) is 5.89. The maximum atomic E-state index is 12.4. The molecule has 1 N–H and O–H groups in total. The second-order valence-corrected chi connectivity index (χ2v) is 5.60. The van der Waals surface area contributed by atoms with Crippen LogP contribution in [0.25, 0.3) is 0 Å². The van der Waals surface area contributed by atoms with Crippen LogP contribution in [0, 0.1) is 0 Å². The number of nitrogens with one attached hydrogen (secondary N) is 1. The first-order chi connectivity index (χ1) is 9.70. The number of aromatic nitrogens is 1. The van der Waals surface area contributed by atoms with Crippen molar-refractivity contribution in [2.75, 3.05) is 7.05 Å². The van der Waals surface area contributed by atoms with E-state index in [1.807, 2.05) is 47.5 Å². The Kier molecular flexibility index (Phi) is 5.26. The molecular formula is C15H19N3OS. The van der Waals surface area contributed by atoms with Crippen LogP contribution in [0.1, 0.15) is 17.5 Å². The molecule has 0 aliphatic carbocycles. The molecule has 2 rings (SSSR count). The van der Waals surface area contributed by atoms with Crippen molar-refractivity contribution >= 4 is 17.2 Å². The van der Waals surface area contributed by atoms with Gasteiger partial charge in [-0.2, -0.15) is 0 Å². The summed E-state index contributed by atoms with van der Waals surface area (Å²) < 4.78 is 0. The molecule has 2 aromatic rings. The average Bonchev–Trinajstić information content (AvgIpc) is 2.99. The lowest BCUT2D eigenvalue weighted by Gasteiger charge is -2.25. The standard InChI is InChI=1S/C15H19N3OS/c1-12(16-2)15(19)18(11-14-17-8-9-20-14)10-13-6-4-3-5-7-13/h3-9,12,16H,10-11H2,1-2H3/t12-/m0/s1. The molecule has 0 saturated heterocycles. The third kappa shape index (κ3) is 3.88. The molecule has 1 amide bonds. The second kappa shape index (κ2) is 7.17. The first-order valence-corrected chi connectivity index (χ1v) is 7.47. The van der Waals surface area contributed by atoms with Crippen LogP contribution in [-0.4, -0.2) is 28.9 Å². The smallest absolute Gasteiger partial charge is 0.240 e. The van der Waals surface area contributed by atoms with Crippen molar-refractivity contribution in [2.24, 2.45) is 0 Å². The van der Waals surface area contributed by atoms with Gasteiger partial charge in [-0.25, -0.2) is 4.98 Å². The summed E-state index contributed by atoms with van der Waals surface area (Å²) in [6.45, 7) is 3.03. The summed E-state index contributed by atoms with van der Waals surface area (Å²) in [5.41, 5.74) is 1.13. The van der Waals surface area contributed by atoms with E-state index >= 15 is 0 Å². The molecule has 1 heterocycles. The molecule has 106 valence electrons. The van der Waals surface area contributed by atoms with Crippen molar-refractivity contribution < 1.29 is 4.79 Å². The number of hydrogen-bond donors (Lipinski definition) is 1. The lowest BCUT2D eigenvalue weighted by Crippen LogP contribution is -2.42. The van der Waals surface area contributed by atoms with Crippen molar-refractivity contribution in [3.8, 4) is 0 Å². The van der Waals surface area contributed by atoms with Crippen molar-refractivity contribution in [3.05, 3.63) is 52.5 Å². The van der Waals surface area contributed by atoms with Crippen LogP contribution in [0.3, 0.4) is 0 Å². The lowest BCUT2D eigenvalue weighted by molar-refractivity contribution is -0.134. The zero-order chi connectivity index (χ0) is 14.4. The van der Waals surface area contributed by atoms with E-state index in [-0.39, 0.29) is 11.9 Å². The zero-order valence-electron chi connectivity index (χ0n) is 11.7. The molecular weight excluding hydrogens is 270 g/mol. The molecule has 0 bridgehead atoms. The molecule has 0 aliphatic rings. The minimum absolute atomic E-state index is 0.0894. The summed E-state index contributed by atoms with van der Waals surface area (Å²) in [7, 11) is 1.80. The number of carbonyl (C=O) groups excluding carboxylic acids is 1. The van der Waals surface area contributed by atoms with E-state index in [4.69, 9.17) is 0 Å². The zero-order valence-corrected chi connectivity index (χ0v) is 12.6. The van der Waals surface area contributed by atoms with Gasteiger partial charge >= 0.3 is 0 Å². The predicted molar refractivity (Wildman–Crippen MR) is 81.3 cm³/mol. The van der Waals surface area contributed by atoms with Gasteiger partial charge in [-0.15, -0.1) is 11.3 Å². The molecule has 20 heavy (non-hydrogen) atoms. The van der Waals surface area contributed by atoms with Gasteiger partial charge in [0.15, 0.2) is 0 Å². The van der Waals surface area contributed by atoms with Crippen LogP contribution in [0.4, 0.5) is 0 Å². The minimum Gasteiger partial charge on any atom is -0.330 e. The molecule has 5 heteroatoms. The number of benzene rings is 1. The van der Waals surface area contributed by atoms with Crippen molar-refractivity contribution in [3.63, 3.8) is 0 Å². The molecule has 1 aromatic carbocycles. The molecule has 1 aromatic heterocycles. The highest BCUT2D eigenvalue weighted by atomic mass is 32.1. The fourth-order valence-electron chi connectivity index (χ4n) is 1.91. The highest BCUT2D eigenvalue weighted by Crippen LogP contribution is 2.13. The molecule has 0 saturated carbocycles. The largest absolute Gasteiger partial charge is 0.330 e. The number of likely N-dealkylation sites (N-methyl/N-ethyl adjacent to an activating group) is 1. The van der Waals surface area contributed by atoms with E-state index in [0.29, 0.717) is 13.1 Å². The van der Waals surface area contributed by atoms with Crippen LogP contribution in [-0.2, 0) is 17.9 Å². The van der Waals surface area contributed by atoms with Crippen LogP contribution >= 0.6 is 11.3 Å². The Morgan fingerprint density at radius 3 is 2.70 bits per heavy atom. The number of carbonyl (C=O) groups is 1. The Hall–Kier alpha value is -1.72. The molecule has 0 spiro atoms. The Morgan fingerprint density at radius 2 is 2.10 bits per heavy atom. The van der Waals surface area contributed by atoms with Crippen molar-refractivity contribution in [2.45, 2.75) is 26.1 Å². The maximum absolute atomic E-state index is 12.4. The van der Waals surface area contributed by atoms with Gasteiger partial charge in [0.2, 0.25) is 5.91 Å². The van der Waals surface area contributed by atoms with Gasteiger partial charge in [0.05, 0.1) is 12.6 Å². The van der Waals surface area contributed by atoms with E-state index in [2.05, 4.69) is 10.3 Å². The van der Waals surface area contributed by atoms with E-state index < -0.39 is 0 Å². The fraction of sp³-hybridized carbons (Fsp3) is 0.333. The molecule has 0 aliphatic heterocycles. The Labute approximate surface area is 123 Å². The van der Waals surface area contributed by atoms with Gasteiger partial charge in [0, 0.05) is 18.1 Å². The third-order valence-electron chi connectivity index (χ3n) is 3.14. The molecule has 0 unspecified atom stereocenters. The van der Waals surface area contributed by atoms with Gasteiger partial charge in [-0.1, -0.05) is 30.3 Å². The Morgan fingerprint density at radius 1 is 1.35 bits per heavy atom. The lowest BCUT2D eigenvalue weighted by atomic mass is 10.2. The van der Waals surface area contributed by atoms with Crippen molar-refractivity contribution in [1.82, 2.24) is 15.2 Å². The third-order valence-corrected chi connectivity index (χ3v) is 3.91. The SMILES string of the molecule is CN[C@@H](C)C(=O)N(Cc1ccccc1)Cc1nccs1. The first kappa shape index (κ1) is 14.7. The summed E-state index contributed by atoms with van der Waals surface area (Å²) >= 11 is 1.57. The number of amides is 1. The van der Waals surface area contributed by atoms with Crippen LogP contribution in [0.5, 0.6) is 0 Å². The maximum Gasteiger partial charge on any atom is 0.240 e. The number of hydrogen-bond acceptors (Lipinski definition) is 4. The first-order valence-electron chi connectivity index (χ1n) is 6.59. The highest BCUT2D eigenvalue weighted by Gasteiger charge is 2.20. The van der Waals surface area contributed by atoms with Gasteiger partial charge in [0.1, 0.15) is 5.01 Å². The number of thiazole rings is 1. The molecule has 4 nitrogen and oxygen atoms in total. The van der Waals surface area contributed by atoms with Gasteiger partial charge in [0.25, 0.3) is 0 Å². The summed E-state index contributed by atoms with van der Waals surface area (Å²) in [4.78, 5) is 18.6. The summed E-state index contributed by atoms with van der Waals surface area (Å²) in [6, 6.07) is 9.83. The predicted octanol–water partition coefficient (Wildman–Crippen LogP) is 2.28. The quantitative estimate of drug-likeness (QED) is 0.887. The summed E-state index contributed by atoms with van der Waals surface area (Å²) in [5.74, 6) is 0.0894. The van der Waals surface area contributed by atoms with E-state index in [0.717, 1.165) is 10.6 Å². The topological polar surface area (TPSA) is 45.2 Å². The molecule has 0 radical (unpaired) electrons. The van der Waals surface area contributed by atoms with Gasteiger partial charge in [-0.3, -0.25) is 4.79 Å². The molecule has 1 atom stereocenters. The monoisotopic (exact) mass is 289 g/mol. The average molecular weight is 289 g/mol. The van der Waals surface area contributed by atoms with Crippen LogP contribution < -0.4 is 5.32 Å². The van der Waals surface area contributed by atoms with Crippen LogP contribution in [0.15, 0.2) is 41.9 Å². The van der Waals surface area contributed by atoms with Gasteiger partial charge < -0.3 is 10.2 Å². The van der Waals surface area contributed by atoms with E-state index in [1.165, 1.54) is 0 Å². The van der Waals surface area contributed by atoms with Crippen molar-refractivity contribution in [1.29, 1.82) is 0 Å².